The van der Waals surface area contributed by atoms with Crippen molar-refractivity contribution in [2.75, 3.05) is 13.2 Å². The molecular weight excluding hydrogens is 236 g/mol. The van der Waals surface area contributed by atoms with E-state index in [1.54, 1.807) is 0 Å². The smallest absolute Gasteiger partial charge is 0.303 e. The highest BCUT2D eigenvalue weighted by atomic mass is 16.5. The molecule has 0 radical (unpaired) electrons. The molecule has 1 aromatic rings. The Labute approximate surface area is 105 Å². The Bertz CT molecular complexity index is 385. The van der Waals surface area contributed by atoms with Crippen molar-refractivity contribution < 1.29 is 19.1 Å². The molecule has 6 heteroatoms. The topological polar surface area (TPSA) is 85.5 Å². The molecule has 1 saturated heterocycles. The van der Waals surface area contributed by atoms with Gasteiger partial charge in [0.1, 0.15) is 0 Å². The minimum Gasteiger partial charge on any atom is -0.481 e. The van der Waals surface area contributed by atoms with Crippen LogP contribution in [0.4, 0.5) is 0 Å². The predicted octanol–water partition coefficient (Wildman–Crippen LogP) is 1.76. The number of hydrogen-bond acceptors (Lipinski definition) is 5. The van der Waals surface area contributed by atoms with Crippen molar-refractivity contribution in [1.82, 2.24) is 10.2 Å². The molecule has 0 spiro atoms. The minimum absolute atomic E-state index is 0.192. The number of hydrogen-bond donors (Lipinski definition) is 1. The molecule has 2 heterocycles. The number of ether oxygens (including phenoxy) is 1. The Hall–Kier alpha value is -1.43. The van der Waals surface area contributed by atoms with E-state index in [0.29, 0.717) is 31.2 Å². The van der Waals surface area contributed by atoms with E-state index < -0.39 is 5.97 Å². The molecular formula is C12H18N2O4. The van der Waals surface area contributed by atoms with Crippen LogP contribution < -0.4 is 0 Å². The molecule has 0 amide bonds. The second-order valence-electron chi connectivity index (χ2n) is 4.55. The van der Waals surface area contributed by atoms with Gasteiger partial charge in [-0.3, -0.25) is 4.79 Å². The first-order chi connectivity index (χ1) is 8.75. The molecule has 0 bridgehead atoms. The van der Waals surface area contributed by atoms with Crippen molar-refractivity contribution in [2.45, 2.75) is 44.4 Å². The summed E-state index contributed by atoms with van der Waals surface area (Å²) in [6.45, 7) is 1.47. The van der Waals surface area contributed by atoms with Crippen molar-refractivity contribution >= 4 is 5.97 Å². The van der Waals surface area contributed by atoms with E-state index in [1.165, 1.54) is 0 Å². The highest BCUT2D eigenvalue weighted by Gasteiger charge is 2.21. The lowest BCUT2D eigenvalue weighted by Crippen LogP contribution is -2.15. The first-order valence-electron chi connectivity index (χ1n) is 6.37. The average Bonchev–Trinajstić information content (AvgIpc) is 2.84. The van der Waals surface area contributed by atoms with Gasteiger partial charge in [-0.25, -0.2) is 0 Å². The van der Waals surface area contributed by atoms with E-state index in [2.05, 4.69) is 10.2 Å². The summed E-state index contributed by atoms with van der Waals surface area (Å²) in [5.74, 6) is 0.712. The summed E-state index contributed by atoms with van der Waals surface area (Å²) in [5.41, 5.74) is 0. The molecule has 1 fully saturated rings. The second-order valence-corrected chi connectivity index (χ2v) is 4.55. The van der Waals surface area contributed by atoms with Crippen LogP contribution in [0.5, 0.6) is 0 Å². The van der Waals surface area contributed by atoms with Crippen molar-refractivity contribution in [3.63, 3.8) is 0 Å². The summed E-state index contributed by atoms with van der Waals surface area (Å²) in [7, 11) is 0. The van der Waals surface area contributed by atoms with Crippen LogP contribution in [-0.4, -0.2) is 34.5 Å². The second kappa shape index (κ2) is 6.49. The molecule has 18 heavy (non-hydrogen) atoms. The van der Waals surface area contributed by atoms with Crippen LogP contribution >= 0.6 is 0 Å². The number of carboxylic acids is 1. The number of unbranched alkanes of at least 4 members (excludes halogenated alkanes) is 1. The van der Waals surface area contributed by atoms with E-state index in [-0.39, 0.29) is 12.3 Å². The van der Waals surface area contributed by atoms with Gasteiger partial charge in [-0.15, -0.1) is 10.2 Å². The molecule has 1 aliphatic heterocycles. The summed E-state index contributed by atoms with van der Waals surface area (Å²) in [6, 6.07) is 0. The van der Waals surface area contributed by atoms with Gasteiger partial charge >= 0.3 is 5.97 Å². The average molecular weight is 254 g/mol. The highest BCUT2D eigenvalue weighted by Crippen LogP contribution is 2.24. The molecule has 2 rings (SSSR count). The van der Waals surface area contributed by atoms with Gasteiger partial charge in [-0.05, 0) is 25.7 Å². The van der Waals surface area contributed by atoms with Crippen LogP contribution in [0.2, 0.25) is 0 Å². The first kappa shape index (κ1) is 13.0. The van der Waals surface area contributed by atoms with Gasteiger partial charge in [0.15, 0.2) is 0 Å². The van der Waals surface area contributed by atoms with Crippen LogP contribution in [0, 0.1) is 0 Å². The van der Waals surface area contributed by atoms with Gasteiger partial charge in [0.25, 0.3) is 0 Å². The Balaban J connectivity index is 1.76. The number of aromatic nitrogens is 2. The fourth-order valence-electron chi connectivity index (χ4n) is 2.02. The fourth-order valence-corrected chi connectivity index (χ4v) is 2.02. The lowest BCUT2D eigenvalue weighted by molar-refractivity contribution is -0.137. The fraction of sp³-hybridized carbons (Fsp3) is 0.750. The van der Waals surface area contributed by atoms with E-state index in [9.17, 15) is 4.79 Å². The van der Waals surface area contributed by atoms with Gasteiger partial charge in [0.05, 0.1) is 12.5 Å². The molecule has 0 saturated carbocycles. The zero-order valence-corrected chi connectivity index (χ0v) is 10.3. The van der Waals surface area contributed by atoms with Gasteiger partial charge < -0.3 is 14.3 Å². The highest BCUT2D eigenvalue weighted by molar-refractivity contribution is 5.66. The maximum absolute atomic E-state index is 10.4. The number of aryl methyl sites for hydroxylation is 1. The predicted molar refractivity (Wildman–Crippen MR) is 62.3 cm³/mol. The number of nitrogens with zero attached hydrogens (tertiary/aromatic N) is 2. The van der Waals surface area contributed by atoms with Crippen LogP contribution in [-0.2, 0) is 16.0 Å². The van der Waals surface area contributed by atoms with Gasteiger partial charge in [-0.2, -0.15) is 0 Å². The molecule has 0 aliphatic carbocycles. The van der Waals surface area contributed by atoms with Gasteiger partial charge in [0, 0.05) is 19.4 Å². The zero-order chi connectivity index (χ0) is 12.8. The van der Waals surface area contributed by atoms with Crippen molar-refractivity contribution in [1.29, 1.82) is 0 Å². The Morgan fingerprint density at radius 2 is 2.28 bits per heavy atom. The van der Waals surface area contributed by atoms with Crippen molar-refractivity contribution in [3.8, 4) is 0 Å². The lowest BCUT2D eigenvalue weighted by Gasteiger charge is -2.18. The molecule has 1 N–H and O–H groups in total. The molecule has 100 valence electrons. The van der Waals surface area contributed by atoms with Gasteiger partial charge in [-0.1, -0.05) is 0 Å². The maximum atomic E-state index is 10.4. The van der Waals surface area contributed by atoms with Crippen LogP contribution in [0.1, 0.15) is 49.8 Å². The quantitative estimate of drug-likeness (QED) is 0.778. The molecule has 1 unspecified atom stereocenters. The third-order valence-electron chi connectivity index (χ3n) is 3.02. The maximum Gasteiger partial charge on any atom is 0.303 e. The molecule has 6 nitrogen and oxygen atoms in total. The Morgan fingerprint density at radius 1 is 1.39 bits per heavy atom. The summed E-state index contributed by atoms with van der Waals surface area (Å²) in [4.78, 5) is 10.4. The Morgan fingerprint density at radius 3 is 3.00 bits per heavy atom. The van der Waals surface area contributed by atoms with E-state index in [0.717, 1.165) is 25.9 Å². The largest absolute Gasteiger partial charge is 0.481 e. The van der Waals surface area contributed by atoms with Crippen LogP contribution in [0.3, 0.4) is 0 Å². The SMILES string of the molecule is O=C(O)CCCCc1nnc(C2CCCOC2)o1. The third kappa shape index (κ3) is 3.80. The monoisotopic (exact) mass is 254 g/mol. The zero-order valence-electron chi connectivity index (χ0n) is 10.3. The molecule has 1 atom stereocenters. The minimum atomic E-state index is -0.763. The molecule has 0 aromatic carbocycles. The number of aliphatic carboxylic acids is 1. The number of carboxylic acid groups (broad SMARTS) is 1. The normalized spacial score (nSPS) is 19.9. The molecule has 1 aliphatic rings. The summed E-state index contributed by atoms with van der Waals surface area (Å²) in [6.07, 6.45) is 4.29. The van der Waals surface area contributed by atoms with Crippen LogP contribution in [0.25, 0.3) is 0 Å². The standard InChI is InChI=1S/C12H18N2O4/c15-11(16)6-2-1-5-10-13-14-12(18-10)9-4-3-7-17-8-9/h9H,1-8H2,(H,15,16). The van der Waals surface area contributed by atoms with E-state index in [4.69, 9.17) is 14.3 Å². The van der Waals surface area contributed by atoms with Crippen molar-refractivity contribution in [2.24, 2.45) is 0 Å². The van der Waals surface area contributed by atoms with Gasteiger partial charge in [0.2, 0.25) is 11.8 Å². The Kier molecular flexibility index (Phi) is 4.69. The van der Waals surface area contributed by atoms with E-state index >= 15 is 0 Å². The third-order valence-corrected chi connectivity index (χ3v) is 3.02. The summed E-state index contributed by atoms with van der Waals surface area (Å²) >= 11 is 0. The number of carbonyl (C=O) groups is 1. The van der Waals surface area contributed by atoms with Crippen molar-refractivity contribution in [3.05, 3.63) is 11.8 Å². The first-order valence-corrected chi connectivity index (χ1v) is 6.37. The van der Waals surface area contributed by atoms with Crippen LogP contribution in [0.15, 0.2) is 4.42 Å². The van der Waals surface area contributed by atoms with E-state index in [1.807, 2.05) is 0 Å². The lowest BCUT2D eigenvalue weighted by atomic mass is 10.0. The summed E-state index contributed by atoms with van der Waals surface area (Å²) in [5, 5.41) is 16.5. The summed E-state index contributed by atoms with van der Waals surface area (Å²) < 4.78 is 11.0. The number of rotatable bonds is 6. The molecule has 1 aromatic heterocycles.